The van der Waals surface area contributed by atoms with Crippen LogP contribution in [0.4, 0.5) is 0 Å². The minimum absolute atomic E-state index is 0.140. The van der Waals surface area contributed by atoms with Crippen LogP contribution in [0.15, 0.2) is 0 Å². The predicted octanol–water partition coefficient (Wildman–Crippen LogP) is 1.06. The van der Waals surface area contributed by atoms with Crippen molar-refractivity contribution in [1.29, 1.82) is 0 Å². The van der Waals surface area contributed by atoms with Gasteiger partial charge >= 0.3 is 0 Å². The standard InChI is InChI=1S/C12H20NO6P/c1-17-18-8-9-20(2)19-7-3-4-10(14)13-11(15)5-6-12(13)16/h3-9H2,1-2H3. The van der Waals surface area contributed by atoms with Crippen LogP contribution in [0.1, 0.15) is 25.7 Å². The third-order valence-electron chi connectivity index (χ3n) is 2.75. The fourth-order valence-electron chi connectivity index (χ4n) is 1.72. The Labute approximate surface area is 119 Å². The number of nitrogens with zero attached hydrogens (tertiary/aromatic N) is 1. The molecule has 3 amide bonds. The fourth-order valence-corrected chi connectivity index (χ4v) is 2.63. The summed E-state index contributed by atoms with van der Waals surface area (Å²) in [5.41, 5.74) is 0. The molecular weight excluding hydrogens is 285 g/mol. The summed E-state index contributed by atoms with van der Waals surface area (Å²) in [5, 5.41) is 0. The van der Waals surface area contributed by atoms with Crippen molar-refractivity contribution >= 4 is 25.9 Å². The molecule has 0 radical (unpaired) electrons. The molecule has 0 aromatic rings. The van der Waals surface area contributed by atoms with Gasteiger partial charge in [-0.15, -0.1) is 0 Å². The van der Waals surface area contributed by atoms with Crippen LogP contribution in [0.2, 0.25) is 0 Å². The van der Waals surface area contributed by atoms with E-state index in [1.807, 2.05) is 6.66 Å². The van der Waals surface area contributed by atoms with Crippen molar-refractivity contribution in [2.45, 2.75) is 25.7 Å². The highest BCUT2D eigenvalue weighted by Gasteiger charge is 2.33. The number of hydrogen-bond acceptors (Lipinski definition) is 6. The smallest absolute Gasteiger partial charge is 0.236 e. The van der Waals surface area contributed by atoms with Crippen LogP contribution in [0.25, 0.3) is 0 Å². The van der Waals surface area contributed by atoms with E-state index in [1.165, 1.54) is 7.11 Å². The average molecular weight is 305 g/mol. The lowest BCUT2D eigenvalue weighted by Crippen LogP contribution is -2.35. The van der Waals surface area contributed by atoms with Gasteiger partial charge in [0.15, 0.2) is 0 Å². The minimum Gasteiger partial charge on any atom is -0.359 e. The zero-order valence-electron chi connectivity index (χ0n) is 11.8. The second-order valence-corrected chi connectivity index (χ2v) is 6.25. The van der Waals surface area contributed by atoms with Crippen molar-refractivity contribution < 1.29 is 28.7 Å². The topological polar surface area (TPSA) is 82.1 Å². The quantitative estimate of drug-likeness (QED) is 0.208. The molecule has 0 spiro atoms. The average Bonchev–Trinajstić information content (AvgIpc) is 2.74. The van der Waals surface area contributed by atoms with E-state index in [0.717, 1.165) is 11.1 Å². The molecule has 1 atom stereocenters. The first kappa shape index (κ1) is 17.2. The van der Waals surface area contributed by atoms with E-state index < -0.39 is 25.9 Å². The first-order chi connectivity index (χ1) is 9.56. The first-order valence-electron chi connectivity index (χ1n) is 6.44. The summed E-state index contributed by atoms with van der Waals surface area (Å²) in [7, 11) is 0.835. The Kier molecular flexibility index (Phi) is 7.84. The summed E-state index contributed by atoms with van der Waals surface area (Å²) in [6.07, 6.45) is 1.67. The second-order valence-electron chi connectivity index (χ2n) is 4.29. The molecule has 8 heteroatoms. The van der Waals surface area contributed by atoms with Gasteiger partial charge in [0.1, 0.15) is 0 Å². The van der Waals surface area contributed by atoms with Crippen LogP contribution >= 0.6 is 8.15 Å². The Morgan fingerprint density at radius 3 is 2.50 bits per heavy atom. The highest BCUT2D eigenvalue weighted by atomic mass is 31.1. The van der Waals surface area contributed by atoms with Crippen molar-refractivity contribution in [1.82, 2.24) is 4.90 Å². The number of amides is 3. The van der Waals surface area contributed by atoms with E-state index in [2.05, 4.69) is 4.89 Å². The lowest BCUT2D eigenvalue weighted by atomic mass is 10.3. The molecule has 114 valence electrons. The van der Waals surface area contributed by atoms with Crippen molar-refractivity contribution in [3.05, 3.63) is 0 Å². The largest absolute Gasteiger partial charge is 0.359 e. The number of hydrogen-bond donors (Lipinski definition) is 0. The molecule has 1 aliphatic heterocycles. The fraction of sp³-hybridized carbons (Fsp3) is 0.750. The van der Waals surface area contributed by atoms with Gasteiger partial charge in [0.05, 0.1) is 20.3 Å². The predicted molar refractivity (Wildman–Crippen MR) is 72.0 cm³/mol. The summed E-state index contributed by atoms with van der Waals surface area (Å²) in [6.45, 7) is 2.86. The van der Waals surface area contributed by atoms with Gasteiger partial charge in [-0.25, -0.2) is 14.7 Å². The number of carbonyl (C=O) groups is 3. The Bertz CT molecular complexity index is 346. The van der Waals surface area contributed by atoms with Gasteiger partial charge in [0, 0.05) is 33.6 Å². The maximum absolute atomic E-state index is 11.7. The van der Waals surface area contributed by atoms with Crippen molar-refractivity contribution in [2.75, 3.05) is 33.2 Å². The molecule has 1 unspecified atom stereocenters. The normalized spacial score (nSPS) is 16.8. The second kappa shape index (κ2) is 9.13. The number of likely N-dealkylation sites (tertiary alicyclic amines) is 1. The van der Waals surface area contributed by atoms with Crippen molar-refractivity contribution in [3.8, 4) is 0 Å². The Hall–Kier alpha value is -0.880. The Balaban J connectivity index is 2.13. The van der Waals surface area contributed by atoms with Gasteiger partial charge in [-0.3, -0.25) is 14.4 Å². The lowest BCUT2D eigenvalue weighted by Gasteiger charge is -2.14. The molecule has 0 aromatic carbocycles. The van der Waals surface area contributed by atoms with Crippen LogP contribution in [-0.4, -0.2) is 55.8 Å². The monoisotopic (exact) mass is 305 g/mol. The van der Waals surface area contributed by atoms with Gasteiger partial charge in [-0.1, -0.05) is 0 Å². The van der Waals surface area contributed by atoms with Crippen molar-refractivity contribution in [3.63, 3.8) is 0 Å². The number of carbonyl (C=O) groups excluding carboxylic acids is 3. The maximum atomic E-state index is 11.7. The highest BCUT2D eigenvalue weighted by Crippen LogP contribution is 2.31. The van der Waals surface area contributed by atoms with Crippen LogP contribution in [-0.2, 0) is 28.7 Å². The summed E-state index contributed by atoms with van der Waals surface area (Å²) in [5.74, 6) is -1.21. The third-order valence-corrected chi connectivity index (χ3v) is 4.19. The lowest BCUT2D eigenvalue weighted by molar-refractivity contribution is -0.267. The van der Waals surface area contributed by atoms with Gasteiger partial charge in [-0.2, -0.15) is 0 Å². The zero-order chi connectivity index (χ0) is 15.0. The van der Waals surface area contributed by atoms with E-state index in [4.69, 9.17) is 9.41 Å². The highest BCUT2D eigenvalue weighted by molar-refractivity contribution is 7.51. The number of rotatable bonds is 9. The summed E-state index contributed by atoms with van der Waals surface area (Å²) >= 11 is 0. The Morgan fingerprint density at radius 2 is 1.90 bits per heavy atom. The van der Waals surface area contributed by atoms with E-state index in [9.17, 15) is 14.4 Å². The SMILES string of the molecule is COOCCP(C)OCCCC(=O)N1C(=O)CCC1=O. The van der Waals surface area contributed by atoms with E-state index in [-0.39, 0.29) is 19.3 Å². The third kappa shape index (κ3) is 5.63. The van der Waals surface area contributed by atoms with Crippen LogP contribution < -0.4 is 0 Å². The molecule has 1 heterocycles. The molecular formula is C12H20NO6P. The summed E-state index contributed by atoms with van der Waals surface area (Å²) in [6, 6.07) is 0. The number of imide groups is 3. The van der Waals surface area contributed by atoms with Crippen molar-refractivity contribution in [2.24, 2.45) is 0 Å². The molecule has 1 fully saturated rings. The maximum Gasteiger partial charge on any atom is 0.236 e. The molecule has 7 nitrogen and oxygen atoms in total. The van der Waals surface area contributed by atoms with Gasteiger partial charge < -0.3 is 4.52 Å². The molecule has 1 aliphatic rings. The van der Waals surface area contributed by atoms with Gasteiger partial charge in [0.2, 0.25) is 17.7 Å². The molecule has 20 heavy (non-hydrogen) atoms. The van der Waals surface area contributed by atoms with Crippen LogP contribution in [0.3, 0.4) is 0 Å². The van der Waals surface area contributed by atoms with E-state index >= 15 is 0 Å². The van der Waals surface area contributed by atoms with E-state index in [0.29, 0.717) is 19.6 Å². The van der Waals surface area contributed by atoms with Crippen LogP contribution in [0, 0.1) is 0 Å². The molecule has 1 saturated heterocycles. The molecule has 0 aliphatic carbocycles. The summed E-state index contributed by atoms with van der Waals surface area (Å²) in [4.78, 5) is 44.4. The molecule has 0 N–H and O–H groups in total. The molecule has 1 rings (SSSR count). The molecule has 0 saturated carbocycles. The van der Waals surface area contributed by atoms with Gasteiger partial charge in [-0.05, 0) is 13.1 Å². The van der Waals surface area contributed by atoms with Gasteiger partial charge in [0.25, 0.3) is 0 Å². The zero-order valence-corrected chi connectivity index (χ0v) is 12.7. The minimum atomic E-state index is -0.615. The molecule has 0 aromatic heterocycles. The first-order valence-corrected chi connectivity index (χ1v) is 8.33. The summed E-state index contributed by atoms with van der Waals surface area (Å²) < 4.78 is 5.54. The molecule has 0 bridgehead atoms. The van der Waals surface area contributed by atoms with Crippen LogP contribution in [0.5, 0.6) is 0 Å². The Morgan fingerprint density at radius 1 is 1.25 bits per heavy atom. The van der Waals surface area contributed by atoms with E-state index in [1.54, 1.807) is 0 Å².